The summed E-state index contributed by atoms with van der Waals surface area (Å²) >= 11 is 1.34. The van der Waals surface area contributed by atoms with Crippen LogP contribution in [-0.2, 0) is 42.3 Å². The Hall–Kier alpha value is -4.54. The first-order chi connectivity index (χ1) is 26.1. The van der Waals surface area contributed by atoms with Crippen LogP contribution in [0.15, 0.2) is 60.7 Å². The molecule has 55 heavy (non-hydrogen) atoms. The Bertz CT molecular complexity index is 2180. The summed E-state index contributed by atoms with van der Waals surface area (Å²) in [6.07, 6.45) is 3.50. The second-order valence-electron chi connectivity index (χ2n) is 14.6. The van der Waals surface area contributed by atoms with Crippen molar-refractivity contribution in [2.24, 2.45) is 0 Å². The van der Waals surface area contributed by atoms with Crippen LogP contribution < -0.4 is 16.0 Å². The molecular weight excluding hydrogens is 749 g/mol. The number of hydrogen-bond acceptors (Lipinski definition) is 8. The number of carbonyl (C=O) groups is 3. The average Bonchev–Trinajstić information content (AvgIpc) is 3.50. The van der Waals surface area contributed by atoms with Gasteiger partial charge in [-0.2, -0.15) is 4.31 Å². The summed E-state index contributed by atoms with van der Waals surface area (Å²) in [7, 11) is -1.82. The number of amides is 2. The molecule has 2 aliphatic rings. The molecular formula is C40H45F2N5O6S2. The zero-order chi connectivity index (χ0) is 39.5. The van der Waals surface area contributed by atoms with Crippen LogP contribution in [0, 0.1) is 11.6 Å². The van der Waals surface area contributed by atoms with Crippen molar-refractivity contribution in [3.8, 4) is 0 Å². The molecule has 1 saturated heterocycles. The molecule has 1 fully saturated rings. The van der Waals surface area contributed by atoms with E-state index in [0.717, 1.165) is 53.0 Å². The van der Waals surface area contributed by atoms with Gasteiger partial charge in [-0.15, -0.1) is 11.3 Å². The van der Waals surface area contributed by atoms with Crippen LogP contribution in [0.3, 0.4) is 0 Å². The number of hydrogen-bond donors (Lipinski definition) is 4. The maximum absolute atomic E-state index is 15.2. The Balaban J connectivity index is 1.15. The van der Waals surface area contributed by atoms with Gasteiger partial charge in [-0.05, 0) is 113 Å². The number of fused-ring (bicyclic) bond motifs is 1. The van der Waals surface area contributed by atoms with Crippen molar-refractivity contribution in [3.05, 3.63) is 116 Å². The van der Waals surface area contributed by atoms with E-state index in [1.165, 1.54) is 27.8 Å². The Morgan fingerprint density at radius 3 is 2.25 bits per heavy atom. The standard InChI is InChI=1S/C40H45F2N5O6S2/c1-40(2)23-47(55(52,53)24-43-3)18-17-46(40)22-26-7-6-8-28(19-26)36(48)45-38-35(31-9-4-5-10-34(31)54-38)37(49)44-29-20-32(41)30(33(42)21-29)16-13-25-11-14-27(15-12-25)39(50)51/h6-8,11-12,14-15,19-21,43H,4-5,9-10,13,16-18,22-24H2,1-3H3,(H,44,49)(H,45,48)(H,50,51). The number of rotatable bonds is 13. The van der Waals surface area contributed by atoms with Crippen LogP contribution in [-0.4, -0.2) is 78.6 Å². The molecule has 2 amide bonds. The van der Waals surface area contributed by atoms with Crippen LogP contribution in [0.5, 0.6) is 0 Å². The lowest BCUT2D eigenvalue weighted by Gasteiger charge is -2.46. The predicted octanol–water partition coefficient (Wildman–Crippen LogP) is 6.30. The number of benzene rings is 3. The van der Waals surface area contributed by atoms with Crippen LogP contribution in [0.1, 0.15) is 84.9 Å². The van der Waals surface area contributed by atoms with E-state index in [-0.39, 0.29) is 41.1 Å². The van der Waals surface area contributed by atoms with Gasteiger partial charge < -0.3 is 21.1 Å². The number of halogens is 2. The smallest absolute Gasteiger partial charge is 0.335 e. The molecule has 0 unspecified atom stereocenters. The molecule has 1 aromatic heterocycles. The van der Waals surface area contributed by atoms with Crippen molar-refractivity contribution in [1.82, 2.24) is 14.5 Å². The van der Waals surface area contributed by atoms with Gasteiger partial charge in [0.05, 0.1) is 11.1 Å². The Morgan fingerprint density at radius 2 is 1.58 bits per heavy atom. The van der Waals surface area contributed by atoms with Crippen LogP contribution in [0.2, 0.25) is 0 Å². The van der Waals surface area contributed by atoms with Crippen LogP contribution >= 0.6 is 11.3 Å². The number of aromatic carboxylic acids is 1. The van der Waals surface area contributed by atoms with E-state index in [2.05, 4.69) is 20.9 Å². The van der Waals surface area contributed by atoms with E-state index in [1.807, 2.05) is 19.9 Å². The van der Waals surface area contributed by atoms with Crippen LogP contribution in [0.4, 0.5) is 19.5 Å². The van der Waals surface area contributed by atoms with E-state index in [4.69, 9.17) is 5.11 Å². The number of nitrogens with zero attached hydrogens (tertiary/aromatic N) is 2. The quantitative estimate of drug-likeness (QED) is 0.123. The van der Waals surface area contributed by atoms with Crippen molar-refractivity contribution in [2.45, 2.75) is 64.5 Å². The summed E-state index contributed by atoms with van der Waals surface area (Å²) < 4.78 is 57.4. The van der Waals surface area contributed by atoms with E-state index < -0.39 is 45.0 Å². The minimum atomic E-state index is -3.43. The van der Waals surface area contributed by atoms with Gasteiger partial charge in [0.25, 0.3) is 11.8 Å². The number of nitrogens with one attached hydrogen (secondary N) is 3. The highest BCUT2D eigenvalue weighted by Crippen LogP contribution is 2.39. The molecule has 0 bridgehead atoms. The second-order valence-corrected chi connectivity index (χ2v) is 17.7. The third-order valence-electron chi connectivity index (χ3n) is 10.2. The highest BCUT2D eigenvalue weighted by molar-refractivity contribution is 7.89. The van der Waals surface area contributed by atoms with Gasteiger partial charge in [-0.1, -0.05) is 24.3 Å². The number of carboxylic acid groups (broad SMARTS) is 1. The highest BCUT2D eigenvalue weighted by atomic mass is 32.2. The normalized spacial score (nSPS) is 16.0. The summed E-state index contributed by atoms with van der Waals surface area (Å²) in [6, 6.07) is 15.4. The van der Waals surface area contributed by atoms with Crippen molar-refractivity contribution < 1.29 is 36.7 Å². The molecule has 0 spiro atoms. The molecule has 0 radical (unpaired) electrons. The first-order valence-electron chi connectivity index (χ1n) is 18.2. The molecule has 6 rings (SSSR count). The lowest BCUT2D eigenvalue weighted by molar-refractivity contribution is 0.0472. The average molecular weight is 794 g/mol. The number of sulfonamides is 1. The molecule has 11 nitrogen and oxygen atoms in total. The number of carboxylic acids is 1. The van der Waals surface area contributed by atoms with Gasteiger partial charge in [-0.25, -0.2) is 22.0 Å². The summed E-state index contributed by atoms with van der Waals surface area (Å²) in [4.78, 5) is 41.9. The first-order valence-corrected chi connectivity index (χ1v) is 20.6. The minimum absolute atomic E-state index is 0.0312. The Labute approximate surface area is 323 Å². The second kappa shape index (κ2) is 16.7. The maximum atomic E-state index is 15.2. The summed E-state index contributed by atoms with van der Waals surface area (Å²) in [5.74, 6) is -3.81. The van der Waals surface area contributed by atoms with Crippen molar-refractivity contribution in [2.75, 3.05) is 43.2 Å². The van der Waals surface area contributed by atoms with Crippen molar-refractivity contribution >= 4 is 49.8 Å². The largest absolute Gasteiger partial charge is 0.478 e. The molecule has 292 valence electrons. The Kier molecular flexibility index (Phi) is 12.2. The van der Waals surface area contributed by atoms with Crippen molar-refractivity contribution in [3.63, 3.8) is 0 Å². The van der Waals surface area contributed by atoms with E-state index in [1.54, 1.807) is 37.4 Å². The molecule has 4 N–H and O–H groups in total. The number of aryl methyl sites for hydroxylation is 2. The zero-order valence-corrected chi connectivity index (χ0v) is 32.6. The monoisotopic (exact) mass is 793 g/mol. The summed E-state index contributed by atoms with van der Waals surface area (Å²) in [5, 5.41) is 17.8. The molecule has 3 aromatic carbocycles. The summed E-state index contributed by atoms with van der Waals surface area (Å²) in [5.41, 5.74) is 2.55. The molecule has 1 aliphatic heterocycles. The number of piperazine rings is 1. The van der Waals surface area contributed by atoms with Gasteiger partial charge in [0.1, 0.15) is 22.5 Å². The fraction of sp³-hybridized carbons (Fsp3) is 0.375. The van der Waals surface area contributed by atoms with Crippen molar-refractivity contribution in [1.29, 1.82) is 0 Å². The van der Waals surface area contributed by atoms with Gasteiger partial charge >= 0.3 is 5.97 Å². The summed E-state index contributed by atoms with van der Waals surface area (Å²) in [6.45, 7) is 5.71. The molecule has 2 heterocycles. The molecule has 1 aliphatic carbocycles. The number of anilines is 2. The SMILES string of the molecule is CNCS(=O)(=O)N1CCN(Cc2cccc(C(=O)Nc3sc4c(c3C(=O)Nc3cc(F)c(CCc5ccc(C(=O)O)cc5)c(F)c3)CCCC4)c2)C(C)(C)C1. The number of thiophene rings is 1. The molecule has 0 saturated carbocycles. The molecule has 0 atom stereocenters. The zero-order valence-electron chi connectivity index (χ0n) is 31.0. The molecule has 4 aromatic rings. The lowest BCUT2D eigenvalue weighted by atomic mass is 9.95. The third-order valence-corrected chi connectivity index (χ3v) is 13.2. The van der Waals surface area contributed by atoms with Gasteiger partial charge in [0.15, 0.2) is 0 Å². The fourth-order valence-electron chi connectivity index (χ4n) is 7.24. The third kappa shape index (κ3) is 9.30. The predicted molar refractivity (Wildman–Crippen MR) is 209 cm³/mol. The minimum Gasteiger partial charge on any atom is -0.478 e. The lowest BCUT2D eigenvalue weighted by Crippen LogP contribution is -2.60. The van der Waals surface area contributed by atoms with E-state index >= 15 is 8.78 Å². The van der Waals surface area contributed by atoms with E-state index in [9.17, 15) is 22.8 Å². The van der Waals surface area contributed by atoms with E-state index in [0.29, 0.717) is 43.2 Å². The van der Waals surface area contributed by atoms with Gasteiger partial charge in [0.2, 0.25) is 10.0 Å². The maximum Gasteiger partial charge on any atom is 0.335 e. The topological polar surface area (TPSA) is 148 Å². The Morgan fingerprint density at radius 1 is 0.873 bits per heavy atom. The number of carbonyl (C=O) groups excluding carboxylic acids is 2. The van der Waals surface area contributed by atoms with Gasteiger partial charge in [0, 0.05) is 53.4 Å². The highest BCUT2D eigenvalue weighted by Gasteiger charge is 2.38. The first kappa shape index (κ1) is 40.1. The van der Waals surface area contributed by atoms with Gasteiger partial charge in [-0.3, -0.25) is 14.5 Å². The molecule has 15 heteroatoms. The van der Waals surface area contributed by atoms with Crippen LogP contribution in [0.25, 0.3) is 0 Å². The fourth-order valence-corrected chi connectivity index (χ4v) is 9.94.